The Hall–Kier alpha value is -2.50. The smallest absolute Gasteiger partial charge is 0.289 e. The number of fused-ring (bicyclic) bond motifs is 1. The Bertz CT molecular complexity index is 767. The van der Waals surface area contributed by atoms with Crippen LogP contribution in [-0.2, 0) is 9.53 Å². The van der Waals surface area contributed by atoms with Crippen molar-refractivity contribution < 1.29 is 14.4 Å². The monoisotopic (exact) mass is 322 g/mol. The van der Waals surface area contributed by atoms with Crippen molar-refractivity contribution >= 4 is 23.0 Å². The van der Waals surface area contributed by atoms with E-state index in [1.165, 1.54) is 4.90 Å². The second kappa shape index (κ2) is 6.55. The van der Waals surface area contributed by atoms with Crippen LogP contribution in [0.25, 0.3) is 0 Å². The maximum atomic E-state index is 13.0. The second-order valence-electron chi connectivity index (χ2n) is 6.07. The van der Waals surface area contributed by atoms with Gasteiger partial charge in [-0.15, -0.1) is 0 Å². The van der Waals surface area contributed by atoms with Gasteiger partial charge in [0.25, 0.3) is 5.91 Å². The van der Waals surface area contributed by atoms with Crippen molar-refractivity contribution in [3.63, 3.8) is 0 Å². The largest absolute Gasteiger partial charge is 0.370 e. The summed E-state index contributed by atoms with van der Waals surface area (Å²) in [6, 6.07) is 17.4. The molecule has 1 atom stereocenters. The molecule has 2 heterocycles. The molecule has 2 aliphatic rings. The van der Waals surface area contributed by atoms with Crippen LogP contribution in [0.3, 0.4) is 0 Å². The van der Waals surface area contributed by atoms with E-state index in [0.29, 0.717) is 13.2 Å². The summed E-state index contributed by atoms with van der Waals surface area (Å²) in [5.74, 6) is -0.000506. The van der Waals surface area contributed by atoms with Gasteiger partial charge in [-0.1, -0.05) is 42.5 Å². The Morgan fingerprint density at radius 2 is 1.71 bits per heavy atom. The lowest BCUT2D eigenvalue weighted by atomic mass is 10.0. The highest BCUT2D eigenvalue weighted by Gasteiger charge is 2.38. The number of benzene rings is 2. The van der Waals surface area contributed by atoms with Gasteiger partial charge >= 0.3 is 0 Å². The van der Waals surface area contributed by atoms with Gasteiger partial charge in [-0.05, 0) is 12.1 Å². The van der Waals surface area contributed by atoms with E-state index < -0.39 is 0 Å². The van der Waals surface area contributed by atoms with E-state index in [9.17, 15) is 4.79 Å². The Morgan fingerprint density at radius 1 is 1.00 bits per heavy atom. The minimum Gasteiger partial charge on any atom is -0.370 e. The minimum atomic E-state index is -0.330. The molecular weight excluding hydrogens is 302 g/mol. The van der Waals surface area contributed by atoms with E-state index in [1.807, 2.05) is 54.6 Å². The van der Waals surface area contributed by atoms with E-state index in [2.05, 4.69) is 5.32 Å². The summed E-state index contributed by atoms with van der Waals surface area (Å²) in [5.41, 5.74) is 3.40. The van der Waals surface area contributed by atoms with Gasteiger partial charge in [-0.25, -0.2) is 4.99 Å². The summed E-state index contributed by atoms with van der Waals surface area (Å²) in [5, 5.41) is 3.05. The van der Waals surface area contributed by atoms with Crippen LogP contribution in [0, 0.1) is 0 Å². The van der Waals surface area contributed by atoms with Crippen molar-refractivity contribution in [1.82, 2.24) is 0 Å². The van der Waals surface area contributed by atoms with Crippen LogP contribution in [-0.4, -0.2) is 44.0 Å². The minimum absolute atomic E-state index is 0.000506. The highest BCUT2D eigenvalue weighted by Crippen LogP contribution is 2.28. The molecule has 1 fully saturated rings. The average Bonchev–Trinajstić information content (AvgIpc) is 2.79. The summed E-state index contributed by atoms with van der Waals surface area (Å²) in [7, 11) is 0. The molecule has 2 aromatic carbocycles. The van der Waals surface area contributed by atoms with Crippen LogP contribution in [0.15, 0.2) is 59.6 Å². The van der Waals surface area contributed by atoms with E-state index in [-0.39, 0.29) is 11.9 Å². The van der Waals surface area contributed by atoms with Gasteiger partial charge in [0.15, 0.2) is 0 Å². The molecule has 24 heavy (non-hydrogen) atoms. The van der Waals surface area contributed by atoms with Gasteiger partial charge in [0.1, 0.15) is 18.8 Å². The maximum absolute atomic E-state index is 13.0. The van der Waals surface area contributed by atoms with Crippen LogP contribution in [0.2, 0.25) is 0 Å². The third-order valence-electron chi connectivity index (χ3n) is 4.55. The zero-order chi connectivity index (χ0) is 16.4. The van der Waals surface area contributed by atoms with Crippen LogP contribution in [0.1, 0.15) is 5.56 Å². The molecule has 0 aromatic heterocycles. The first-order valence-electron chi connectivity index (χ1n) is 8.29. The SMILES string of the molecule is O=C1Nc2ccccc2N=C(c2ccccc2)[C@@H]1[NH+]1CCOCC1. The van der Waals surface area contributed by atoms with Crippen molar-refractivity contribution in [2.24, 2.45) is 4.99 Å². The Labute approximate surface area is 141 Å². The average molecular weight is 322 g/mol. The molecule has 5 nitrogen and oxygen atoms in total. The van der Waals surface area contributed by atoms with Crippen molar-refractivity contribution in [3.05, 3.63) is 60.2 Å². The van der Waals surface area contributed by atoms with Crippen LogP contribution >= 0.6 is 0 Å². The zero-order valence-electron chi connectivity index (χ0n) is 13.4. The number of morpholine rings is 1. The number of quaternary nitrogens is 1. The molecule has 1 saturated heterocycles. The predicted molar refractivity (Wildman–Crippen MR) is 93.0 cm³/mol. The maximum Gasteiger partial charge on any atom is 0.289 e. The molecule has 2 N–H and O–H groups in total. The Kier molecular flexibility index (Phi) is 4.11. The normalized spacial score (nSPS) is 21.4. The summed E-state index contributed by atoms with van der Waals surface area (Å²) in [4.78, 5) is 19.1. The number of para-hydroxylation sites is 2. The molecule has 122 valence electrons. The van der Waals surface area contributed by atoms with Crippen LogP contribution in [0.4, 0.5) is 11.4 Å². The van der Waals surface area contributed by atoms with Crippen molar-refractivity contribution in [3.8, 4) is 0 Å². The number of hydrogen-bond acceptors (Lipinski definition) is 3. The number of rotatable bonds is 2. The topological polar surface area (TPSA) is 55.1 Å². The molecule has 0 unspecified atom stereocenters. The molecule has 4 rings (SSSR count). The number of carbonyl (C=O) groups excluding carboxylic acids is 1. The third kappa shape index (κ3) is 2.84. The van der Waals surface area contributed by atoms with E-state index in [1.54, 1.807) is 0 Å². The highest BCUT2D eigenvalue weighted by atomic mass is 16.5. The van der Waals surface area contributed by atoms with Gasteiger partial charge < -0.3 is 15.0 Å². The number of nitrogens with zero attached hydrogens (tertiary/aromatic N) is 1. The Morgan fingerprint density at radius 3 is 2.50 bits per heavy atom. The third-order valence-corrected chi connectivity index (χ3v) is 4.55. The van der Waals surface area contributed by atoms with E-state index in [0.717, 1.165) is 35.7 Å². The molecule has 0 saturated carbocycles. The fraction of sp³-hybridized carbons (Fsp3) is 0.263. The van der Waals surface area contributed by atoms with E-state index in [4.69, 9.17) is 9.73 Å². The lowest BCUT2D eigenvalue weighted by Gasteiger charge is -2.30. The van der Waals surface area contributed by atoms with Gasteiger partial charge in [0.2, 0.25) is 6.04 Å². The fourth-order valence-electron chi connectivity index (χ4n) is 3.34. The lowest BCUT2D eigenvalue weighted by molar-refractivity contribution is -0.913. The first-order valence-corrected chi connectivity index (χ1v) is 8.29. The van der Waals surface area contributed by atoms with Crippen LogP contribution in [0.5, 0.6) is 0 Å². The zero-order valence-corrected chi connectivity index (χ0v) is 13.4. The lowest BCUT2D eigenvalue weighted by Crippen LogP contribution is -3.19. The highest BCUT2D eigenvalue weighted by molar-refractivity contribution is 6.21. The Balaban J connectivity index is 1.83. The molecule has 1 amide bonds. The number of ether oxygens (including phenoxy) is 1. The fourth-order valence-corrected chi connectivity index (χ4v) is 3.34. The molecule has 2 aromatic rings. The molecular formula is C19H20N3O2+. The van der Waals surface area contributed by atoms with Gasteiger partial charge in [-0.3, -0.25) is 4.79 Å². The molecule has 5 heteroatoms. The summed E-state index contributed by atoms with van der Waals surface area (Å²) >= 11 is 0. The first kappa shape index (κ1) is 15.1. The van der Waals surface area contributed by atoms with Gasteiger partial charge in [0, 0.05) is 5.56 Å². The van der Waals surface area contributed by atoms with Crippen molar-refractivity contribution in [2.45, 2.75) is 6.04 Å². The number of aliphatic imine (C=N–C) groups is 1. The van der Waals surface area contributed by atoms with E-state index >= 15 is 0 Å². The van der Waals surface area contributed by atoms with Crippen LogP contribution < -0.4 is 10.2 Å². The quantitative estimate of drug-likeness (QED) is 0.868. The molecule has 2 aliphatic heterocycles. The standard InChI is InChI=1S/C19H19N3O2/c23-19-18(22-10-12-24-13-11-22)17(14-6-2-1-3-7-14)20-15-8-4-5-9-16(15)21-19/h1-9,18H,10-13H2,(H,21,23)/p+1/t18-/m0/s1. The van der Waals surface area contributed by atoms with Gasteiger partial charge in [0.05, 0.1) is 24.6 Å². The van der Waals surface area contributed by atoms with Gasteiger partial charge in [-0.2, -0.15) is 0 Å². The molecule has 0 spiro atoms. The number of carbonyl (C=O) groups is 1. The van der Waals surface area contributed by atoms with Crippen molar-refractivity contribution in [2.75, 3.05) is 31.6 Å². The molecule has 0 aliphatic carbocycles. The number of hydrogen-bond donors (Lipinski definition) is 2. The number of amides is 1. The first-order chi connectivity index (χ1) is 11.8. The molecule has 0 radical (unpaired) electrons. The number of nitrogens with one attached hydrogen (secondary N) is 2. The summed E-state index contributed by atoms with van der Waals surface area (Å²) in [6.07, 6.45) is 0. The number of anilines is 1. The predicted octanol–water partition coefficient (Wildman–Crippen LogP) is 1.04. The molecule has 0 bridgehead atoms. The summed E-state index contributed by atoms with van der Waals surface area (Å²) < 4.78 is 5.47. The summed E-state index contributed by atoms with van der Waals surface area (Å²) in [6.45, 7) is 2.96. The second-order valence-corrected chi connectivity index (χ2v) is 6.07. The van der Waals surface area contributed by atoms with Crippen molar-refractivity contribution in [1.29, 1.82) is 0 Å².